The van der Waals surface area contributed by atoms with E-state index in [9.17, 15) is 0 Å². The second kappa shape index (κ2) is 4.94. The number of hydrogen-bond acceptors (Lipinski definition) is 6. The predicted molar refractivity (Wildman–Crippen MR) is 69.7 cm³/mol. The molecule has 0 bridgehead atoms. The highest BCUT2D eigenvalue weighted by Crippen LogP contribution is 2.38. The van der Waals surface area contributed by atoms with Crippen molar-refractivity contribution in [3.63, 3.8) is 0 Å². The van der Waals surface area contributed by atoms with E-state index in [0.29, 0.717) is 30.0 Å². The van der Waals surface area contributed by atoms with E-state index in [-0.39, 0.29) is 0 Å². The number of nitrogen functional groups attached to an aromatic ring is 1. The summed E-state index contributed by atoms with van der Waals surface area (Å²) in [5, 5.41) is 4.54. The SMILES string of the molecule is COCc1nc(NN)cc(-n2ccc(C3CC3)n2)n1. The summed E-state index contributed by atoms with van der Waals surface area (Å²) in [5.74, 6) is 7.82. The van der Waals surface area contributed by atoms with Crippen molar-refractivity contribution in [1.29, 1.82) is 0 Å². The van der Waals surface area contributed by atoms with Crippen LogP contribution >= 0.6 is 0 Å². The Labute approximate surface area is 110 Å². The molecule has 1 saturated carbocycles. The topological polar surface area (TPSA) is 90.9 Å². The maximum atomic E-state index is 5.41. The highest BCUT2D eigenvalue weighted by Gasteiger charge is 2.26. The Kier molecular flexibility index (Phi) is 3.14. The van der Waals surface area contributed by atoms with Crippen LogP contribution in [0, 0.1) is 0 Å². The summed E-state index contributed by atoms with van der Waals surface area (Å²) >= 11 is 0. The largest absolute Gasteiger partial charge is 0.377 e. The highest BCUT2D eigenvalue weighted by molar-refractivity contribution is 5.40. The van der Waals surface area contributed by atoms with Gasteiger partial charge >= 0.3 is 0 Å². The predicted octanol–water partition coefficient (Wildman–Crippen LogP) is 0.972. The molecule has 2 aromatic heterocycles. The summed E-state index contributed by atoms with van der Waals surface area (Å²) in [6.07, 6.45) is 4.36. The van der Waals surface area contributed by atoms with Crippen LogP contribution in [-0.4, -0.2) is 26.9 Å². The smallest absolute Gasteiger partial charge is 0.159 e. The van der Waals surface area contributed by atoms with Crippen LogP contribution in [0.25, 0.3) is 5.82 Å². The van der Waals surface area contributed by atoms with Gasteiger partial charge in [-0.05, 0) is 18.9 Å². The number of methoxy groups -OCH3 is 1. The molecule has 2 aromatic rings. The number of hydrazine groups is 1. The van der Waals surface area contributed by atoms with Crippen LogP contribution in [-0.2, 0) is 11.3 Å². The minimum Gasteiger partial charge on any atom is -0.377 e. The number of nitrogens with zero attached hydrogens (tertiary/aromatic N) is 4. The number of anilines is 1. The van der Waals surface area contributed by atoms with E-state index in [4.69, 9.17) is 10.6 Å². The average Bonchev–Trinajstić information content (AvgIpc) is 3.16. The second-order valence-electron chi connectivity index (χ2n) is 4.56. The zero-order valence-corrected chi connectivity index (χ0v) is 10.7. The molecule has 0 spiro atoms. The van der Waals surface area contributed by atoms with Gasteiger partial charge in [0.25, 0.3) is 0 Å². The van der Waals surface area contributed by atoms with Gasteiger partial charge in [0.05, 0.1) is 5.69 Å². The quantitative estimate of drug-likeness (QED) is 0.615. The molecule has 19 heavy (non-hydrogen) atoms. The first kappa shape index (κ1) is 12.1. The lowest BCUT2D eigenvalue weighted by molar-refractivity contribution is 0.178. The van der Waals surface area contributed by atoms with Crippen LogP contribution < -0.4 is 11.3 Å². The van der Waals surface area contributed by atoms with E-state index in [1.54, 1.807) is 17.9 Å². The standard InChI is InChI=1S/C12H16N6O/c1-19-7-11-14-10(16-13)6-12(15-11)18-5-4-9(17-18)8-2-3-8/h4-6,8H,2-3,7,13H2,1H3,(H,14,15,16). The molecule has 2 heterocycles. The van der Waals surface area contributed by atoms with Crippen LogP contribution in [0.2, 0.25) is 0 Å². The molecule has 0 aromatic carbocycles. The summed E-state index contributed by atoms with van der Waals surface area (Å²) in [7, 11) is 1.60. The van der Waals surface area contributed by atoms with Crippen molar-refractivity contribution in [3.05, 3.63) is 29.8 Å². The first-order chi connectivity index (χ1) is 9.30. The van der Waals surface area contributed by atoms with Gasteiger partial charge in [0.2, 0.25) is 0 Å². The van der Waals surface area contributed by atoms with Crippen molar-refractivity contribution in [2.75, 3.05) is 12.5 Å². The monoisotopic (exact) mass is 260 g/mol. The van der Waals surface area contributed by atoms with Gasteiger partial charge in [-0.3, -0.25) is 0 Å². The maximum Gasteiger partial charge on any atom is 0.159 e. The van der Waals surface area contributed by atoms with Gasteiger partial charge in [-0.25, -0.2) is 20.5 Å². The molecule has 7 heteroatoms. The lowest BCUT2D eigenvalue weighted by Gasteiger charge is -2.07. The van der Waals surface area contributed by atoms with Crippen molar-refractivity contribution in [2.24, 2.45) is 5.84 Å². The van der Waals surface area contributed by atoms with Gasteiger partial charge in [-0.1, -0.05) is 0 Å². The Balaban J connectivity index is 1.94. The number of nitrogens with one attached hydrogen (secondary N) is 1. The lowest BCUT2D eigenvalue weighted by atomic mass is 10.3. The summed E-state index contributed by atoms with van der Waals surface area (Å²) in [6.45, 7) is 0.333. The van der Waals surface area contributed by atoms with E-state index in [1.807, 2.05) is 12.3 Å². The average molecular weight is 260 g/mol. The molecule has 0 amide bonds. The first-order valence-electron chi connectivity index (χ1n) is 6.19. The molecule has 0 aliphatic heterocycles. The number of ether oxygens (including phenoxy) is 1. The van der Waals surface area contributed by atoms with Crippen LogP contribution in [0.3, 0.4) is 0 Å². The molecule has 1 aliphatic rings. The van der Waals surface area contributed by atoms with Crippen molar-refractivity contribution >= 4 is 5.82 Å². The third-order valence-electron chi connectivity index (χ3n) is 3.02. The fourth-order valence-corrected chi connectivity index (χ4v) is 1.93. The molecule has 0 saturated heterocycles. The summed E-state index contributed by atoms with van der Waals surface area (Å²) in [6, 6.07) is 3.79. The molecule has 0 radical (unpaired) electrons. The van der Waals surface area contributed by atoms with E-state index in [1.165, 1.54) is 12.8 Å². The van der Waals surface area contributed by atoms with Gasteiger partial charge < -0.3 is 10.2 Å². The molecule has 3 rings (SSSR count). The van der Waals surface area contributed by atoms with E-state index >= 15 is 0 Å². The second-order valence-corrected chi connectivity index (χ2v) is 4.56. The fraction of sp³-hybridized carbons (Fsp3) is 0.417. The molecular weight excluding hydrogens is 244 g/mol. The minimum atomic E-state index is 0.333. The third kappa shape index (κ3) is 2.56. The van der Waals surface area contributed by atoms with Crippen LogP contribution in [0.4, 0.5) is 5.82 Å². The van der Waals surface area contributed by atoms with E-state index in [2.05, 4.69) is 20.5 Å². The zero-order chi connectivity index (χ0) is 13.2. The van der Waals surface area contributed by atoms with E-state index < -0.39 is 0 Å². The van der Waals surface area contributed by atoms with Crippen LogP contribution in [0.1, 0.15) is 30.3 Å². The lowest BCUT2D eigenvalue weighted by Crippen LogP contribution is -2.13. The molecule has 7 nitrogen and oxygen atoms in total. The molecule has 0 unspecified atom stereocenters. The zero-order valence-electron chi connectivity index (χ0n) is 10.7. The Morgan fingerprint density at radius 2 is 2.32 bits per heavy atom. The van der Waals surface area contributed by atoms with Crippen molar-refractivity contribution < 1.29 is 4.74 Å². The molecule has 1 fully saturated rings. The number of nitrogens with two attached hydrogens (primary N) is 1. The first-order valence-corrected chi connectivity index (χ1v) is 6.19. The van der Waals surface area contributed by atoms with Gasteiger partial charge in [-0.15, -0.1) is 0 Å². The number of rotatable bonds is 5. The normalized spacial score (nSPS) is 14.6. The summed E-state index contributed by atoms with van der Waals surface area (Å²) in [4.78, 5) is 8.61. The molecular formula is C12H16N6O. The Morgan fingerprint density at radius 1 is 1.47 bits per heavy atom. The Hall–Kier alpha value is -1.99. The van der Waals surface area contributed by atoms with Crippen molar-refractivity contribution in [2.45, 2.75) is 25.4 Å². The van der Waals surface area contributed by atoms with Crippen molar-refractivity contribution in [3.8, 4) is 5.82 Å². The number of aromatic nitrogens is 4. The van der Waals surface area contributed by atoms with Gasteiger partial charge in [0.15, 0.2) is 11.6 Å². The van der Waals surface area contributed by atoms with Gasteiger partial charge in [-0.2, -0.15) is 5.10 Å². The maximum absolute atomic E-state index is 5.41. The third-order valence-corrected chi connectivity index (χ3v) is 3.02. The summed E-state index contributed by atoms with van der Waals surface area (Å²) < 4.78 is 6.79. The Morgan fingerprint density at radius 3 is 3.00 bits per heavy atom. The molecule has 100 valence electrons. The number of hydrogen-bond donors (Lipinski definition) is 2. The molecule has 0 atom stereocenters. The van der Waals surface area contributed by atoms with Gasteiger partial charge in [0.1, 0.15) is 12.4 Å². The van der Waals surface area contributed by atoms with E-state index in [0.717, 1.165) is 5.69 Å². The summed E-state index contributed by atoms with van der Waals surface area (Å²) in [5.41, 5.74) is 3.65. The fourth-order valence-electron chi connectivity index (χ4n) is 1.93. The van der Waals surface area contributed by atoms with Crippen LogP contribution in [0.5, 0.6) is 0 Å². The van der Waals surface area contributed by atoms with Crippen LogP contribution in [0.15, 0.2) is 18.3 Å². The van der Waals surface area contributed by atoms with Gasteiger partial charge in [0, 0.05) is 25.3 Å². The molecule has 1 aliphatic carbocycles. The molecule has 3 N–H and O–H groups in total. The highest BCUT2D eigenvalue weighted by atomic mass is 16.5. The van der Waals surface area contributed by atoms with Crippen molar-refractivity contribution in [1.82, 2.24) is 19.7 Å². The minimum absolute atomic E-state index is 0.333. The Bertz CT molecular complexity index is 577.